The topological polar surface area (TPSA) is 96.3 Å². The Morgan fingerprint density at radius 1 is 1.19 bits per heavy atom. The molecule has 0 aromatic heterocycles. The molecule has 27 heavy (non-hydrogen) atoms. The molecule has 0 bridgehead atoms. The monoisotopic (exact) mass is 408 g/mol. The van der Waals surface area contributed by atoms with Gasteiger partial charge in [0.15, 0.2) is 9.84 Å². The molecule has 0 fully saturated rings. The molecular formula is C18H17ClN2O5S. The molecule has 1 N–H and O–H groups in total. The Kier molecular flexibility index (Phi) is 4.98. The lowest BCUT2D eigenvalue weighted by molar-refractivity contribution is -0.159. The summed E-state index contributed by atoms with van der Waals surface area (Å²) in [4.78, 5) is 18.0. The first-order chi connectivity index (χ1) is 12.6. The number of anilines is 1. The molecule has 0 amide bonds. The van der Waals surface area contributed by atoms with Gasteiger partial charge in [-0.15, -0.1) is 0 Å². The van der Waals surface area contributed by atoms with Crippen LogP contribution < -0.4 is 4.90 Å². The van der Waals surface area contributed by atoms with E-state index in [1.54, 1.807) is 41.3 Å². The number of halogens is 1. The number of ether oxygens (including phenoxy) is 1. The maximum Gasteiger partial charge on any atom is 0.363 e. The summed E-state index contributed by atoms with van der Waals surface area (Å²) in [7, 11) is -2.17. The predicted octanol–water partition coefficient (Wildman–Crippen LogP) is 1.87. The molecular weight excluding hydrogens is 392 g/mol. The number of carbonyl (C=O) groups is 1. The lowest BCUT2D eigenvalue weighted by atomic mass is 10.1. The van der Waals surface area contributed by atoms with Gasteiger partial charge in [0.2, 0.25) is 0 Å². The average molecular weight is 409 g/mol. The van der Waals surface area contributed by atoms with Crippen molar-refractivity contribution >= 4 is 38.9 Å². The maximum absolute atomic E-state index is 12.0. The molecule has 9 heteroatoms. The van der Waals surface area contributed by atoms with Gasteiger partial charge in [0.1, 0.15) is 5.84 Å². The number of esters is 1. The summed E-state index contributed by atoms with van der Waals surface area (Å²) in [6.07, 6.45) is 1.12. The van der Waals surface area contributed by atoms with Crippen LogP contribution in [0.1, 0.15) is 5.56 Å². The van der Waals surface area contributed by atoms with E-state index in [9.17, 15) is 18.3 Å². The Balaban J connectivity index is 2.06. The van der Waals surface area contributed by atoms with Gasteiger partial charge in [-0.05, 0) is 48.5 Å². The van der Waals surface area contributed by atoms with E-state index in [-0.39, 0.29) is 11.4 Å². The quantitative estimate of drug-likeness (QED) is 0.776. The molecule has 7 nitrogen and oxygen atoms in total. The van der Waals surface area contributed by atoms with Crippen LogP contribution in [0.2, 0.25) is 5.02 Å². The summed E-state index contributed by atoms with van der Waals surface area (Å²) in [5.74, 6) is -0.545. The third kappa shape index (κ3) is 3.83. The molecule has 1 aliphatic rings. The van der Waals surface area contributed by atoms with Crippen LogP contribution in [0, 0.1) is 0 Å². The van der Waals surface area contributed by atoms with Gasteiger partial charge in [-0.1, -0.05) is 11.6 Å². The molecule has 1 heterocycles. The van der Waals surface area contributed by atoms with Crippen molar-refractivity contribution in [1.29, 1.82) is 0 Å². The zero-order valence-corrected chi connectivity index (χ0v) is 16.2. The van der Waals surface area contributed by atoms with E-state index in [0.29, 0.717) is 22.1 Å². The number of hydrogen-bond acceptors (Lipinski definition) is 7. The smallest absolute Gasteiger partial charge is 0.363 e. The summed E-state index contributed by atoms with van der Waals surface area (Å²) >= 11 is 5.93. The highest BCUT2D eigenvalue weighted by atomic mass is 35.5. The van der Waals surface area contributed by atoms with Crippen LogP contribution in [0.25, 0.3) is 0 Å². The van der Waals surface area contributed by atoms with Crippen LogP contribution in [-0.2, 0) is 19.4 Å². The number of sulfone groups is 1. The van der Waals surface area contributed by atoms with E-state index < -0.39 is 21.5 Å². The Morgan fingerprint density at radius 3 is 2.30 bits per heavy atom. The lowest BCUT2D eigenvalue weighted by Gasteiger charge is -2.23. The third-order valence-electron chi connectivity index (χ3n) is 4.12. The van der Waals surface area contributed by atoms with Crippen molar-refractivity contribution in [2.75, 3.05) is 24.8 Å². The fourth-order valence-electron chi connectivity index (χ4n) is 2.75. The number of hydrogen-bond donors (Lipinski definition) is 1. The Labute approximate surface area is 161 Å². The Morgan fingerprint density at radius 2 is 1.78 bits per heavy atom. The zero-order chi connectivity index (χ0) is 19.8. The number of carbonyl (C=O) groups excluding carboxylic acids is 1. The molecule has 1 unspecified atom stereocenters. The van der Waals surface area contributed by atoms with Gasteiger partial charge in [0, 0.05) is 22.5 Å². The highest BCUT2D eigenvalue weighted by molar-refractivity contribution is 7.90. The molecule has 0 saturated carbocycles. The molecule has 2 aromatic rings. The second-order valence-electron chi connectivity index (χ2n) is 6.10. The van der Waals surface area contributed by atoms with E-state index >= 15 is 0 Å². The first-order valence-corrected chi connectivity index (χ1v) is 10.2. The number of methoxy groups -OCH3 is 1. The number of β-amino-alcohol motifs (C(OH)–C–C–N with tert-alkyl or cyclic N) is 1. The second kappa shape index (κ2) is 6.95. The SMILES string of the molecule is COC(=O)C1(O)CN(c2ccc(S(C)(=O)=O)cc2)C(c2ccc(Cl)cc2)=N1. The van der Waals surface area contributed by atoms with Crippen molar-refractivity contribution in [3.8, 4) is 0 Å². The van der Waals surface area contributed by atoms with Crippen LogP contribution in [0.5, 0.6) is 0 Å². The normalized spacial score (nSPS) is 19.7. The van der Waals surface area contributed by atoms with Crippen molar-refractivity contribution in [3.63, 3.8) is 0 Å². The number of benzene rings is 2. The molecule has 1 atom stereocenters. The number of aliphatic hydroxyl groups is 1. The van der Waals surface area contributed by atoms with E-state index in [2.05, 4.69) is 9.73 Å². The molecule has 0 saturated heterocycles. The predicted molar refractivity (Wildman–Crippen MR) is 102 cm³/mol. The summed E-state index contributed by atoms with van der Waals surface area (Å²) in [6.45, 7) is -0.171. The van der Waals surface area contributed by atoms with Crippen molar-refractivity contribution in [2.24, 2.45) is 4.99 Å². The molecule has 0 radical (unpaired) electrons. The van der Waals surface area contributed by atoms with E-state index in [1.807, 2.05) is 0 Å². The van der Waals surface area contributed by atoms with Gasteiger partial charge >= 0.3 is 5.97 Å². The minimum absolute atomic E-state index is 0.165. The van der Waals surface area contributed by atoms with Gasteiger partial charge in [0.05, 0.1) is 18.6 Å². The Hall–Kier alpha value is -2.42. The van der Waals surface area contributed by atoms with Crippen molar-refractivity contribution in [2.45, 2.75) is 10.6 Å². The molecule has 142 valence electrons. The highest BCUT2D eigenvalue weighted by Gasteiger charge is 2.46. The molecule has 1 aliphatic heterocycles. The number of rotatable bonds is 4. The summed E-state index contributed by atoms with van der Waals surface area (Å²) in [6, 6.07) is 12.8. The Bertz CT molecular complexity index is 1000. The fourth-order valence-corrected chi connectivity index (χ4v) is 3.50. The van der Waals surface area contributed by atoms with Gasteiger partial charge < -0.3 is 14.7 Å². The van der Waals surface area contributed by atoms with E-state index in [1.165, 1.54) is 19.2 Å². The number of nitrogens with zero attached hydrogens (tertiary/aromatic N) is 2. The fraction of sp³-hybridized carbons (Fsp3) is 0.222. The summed E-state index contributed by atoms with van der Waals surface area (Å²) in [5.41, 5.74) is -0.874. The molecule has 0 aliphatic carbocycles. The van der Waals surface area contributed by atoms with Crippen LogP contribution in [-0.4, -0.2) is 51.0 Å². The van der Waals surface area contributed by atoms with Gasteiger partial charge in [-0.2, -0.15) is 0 Å². The standard InChI is InChI=1S/C18H17ClN2O5S/c1-26-17(22)18(23)11-21(14-7-9-15(10-8-14)27(2,24)25)16(20-18)12-3-5-13(19)6-4-12/h3-10,23H,11H2,1-2H3. The maximum atomic E-state index is 12.0. The molecule has 0 spiro atoms. The summed E-state index contributed by atoms with van der Waals surface area (Å²) in [5, 5.41) is 11.2. The first kappa shape index (κ1) is 19.3. The van der Waals surface area contributed by atoms with Gasteiger partial charge in [-0.25, -0.2) is 18.2 Å². The largest absolute Gasteiger partial charge is 0.465 e. The van der Waals surface area contributed by atoms with Crippen molar-refractivity contribution < 1.29 is 23.1 Å². The average Bonchev–Trinajstić information content (AvgIpc) is 3.00. The third-order valence-corrected chi connectivity index (χ3v) is 5.50. The van der Waals surface area contributed by atoms with Gasteiger partial charge in [0.25, 0.3) is 5.72 Å². The van der Waals surface area contributed by atoms with Crippen LogP contribution >= 0.6 is 11.6 Å². The minimum Gasteiger partial charge on any atom is -0.465 e. The van der Waals surface area contributed by atoms with E-state index in [4.69, 9.17) is 11.6 Å². The number of amidine groups is 1. The zero-order valence-electron chi connectivity index (χ0n) is 14.6. The van der Waals surface area contributed by atoms with Crippen LogP contribution in [0.4, 0.5) is 5.69 Å². The highest BCUT2D eigenvalue weighted by Crippen LogP contribution is 2.30. The molecule has 3 rings (SSSR count). The summed E-state index contributed by atoms with van der Waals surface area (Å²) < 4.78 is 28.0. The molecule has 2 aromatic carbocycles. The van der Waals surface area contributed by atoms with Crippen molar-refractivity contribution in [3.05, 3.63) is 59.1 Å². The van der Waals surface area contributed by atoms with E-state index in [0.717, 1.165) is 6.26 Å². The van der Waals surface area contributed by atoms with Crippen LogP contribution in [0.3, 0.4) is 0 Å². The number of aliphatic imine (C=N–C) groups is 1. The second-order valence-corrected chi connectivity index (χ2v) is 8.55. The first-order valence-electron chi connectivity index (χ1n) is 7.88. The van der Waals surface area contributed by atoms with Gasteiger partial charge in [-0.3, -0.25) is 0 Å². The minimum atomic E-state index is -3.34. The van der Waals surface area contributed by atoms with Crippen LogP contribution in [0.15, 0.2) is 58.4 Å². The lowest BCUT2D eigenvalue weighted by Crippen LogP contribution is -2.43. The van der Waals surface area contributed by atoms with Crippen molar-refractivity contribution in [1.82, 2.24) is 0 Å².